The monoisotopic (exact) mass is 591 g/mol. The topological polar surface area (TPSA) is 62.4 Å². The second kappa shape index (κ2) is 11.0. The Morgan fingerprint density at radius 1 is 1.10 bits per heavy atom. The summed E-state index contributed by atoms with van der Waals surface area (Å²) >= 11 is 0. The Hall–Kier alpha value is -3.48. The number of carbonyl (C=O) groups is 1. The first-order valence-corrected chi connectivity index (χ1v) is 14.3. The SMILES string of the molecule is CC(=O)N1CCc2c(c(N3CCCc4cc(-c5cnn(C)c5)c(C(F)F)cc43)nn2C2CCN(CC(F)(F)F)CC2)C1. The van der Waals surface area contributed by atoms with Crippen molar-refractivity contribution in [3.05, 3.63) is 46.9 Å². The molecule has 0 unspecified atom stereocenters. The molecule has 0 saturated carbocycles. The molecule has 42 heavy (non-hydrogen) atoms. The lowest BCUT2D eigenvalue weighted by molar-refractivity contribution is -0.148. The third kappa shape index (κ3) is 5.50. The summed E-state index contributed by atoms with van der Waals surface area (Å²) < 4.78 is 71.3. The summed E-state index contributed by atoms with van der Waals surface area (Å²) in [5.41, 5.74) is 4.48. The zero-order chi connectivity index (χ0) is 29.8. The highest BCUT2D eigenvalue weighted by Gasteiger charge is 2.36. The van der Waals surface area contributed by atoms with Crippen molar-refractivity contribution in [2.75, 3.05) is 37.6 Å². The zero-order valence-corrected chi connectivity index (χ0v) is 23.7. The highest BCUT2D eigenvalue weighted by molar-refractivity contribution is 5.78. The molecule has 0 spiro atoms. The van der Waals surface area contributed by atoms with Gasteiger partial charge in [0.2, 0.25) is 5.91 Å². The van der Waals surface area contributed by atoms with E-state index in [0.29, 0.717) is 74.6 Å². The van der Waals surface area contributed by atoms with Crippen LogP contribution in [-0.2, 0) is 31.2 Å². The molecule has 6 rings (SSSR count). The number of rotatable bonds is 5. The van der Waals surface area contributed by atoms with E-state index in [-0.39, 0.29) is 17.5 Å². The maximum absolute atomic E-state index is 14.4. The van der Waals surface area contributed by atoms with E-state index < -0.39 is 19.1 Å². The molecule has 1 saturated heterocycles. The highest BCUT2D eigenvalue weighted by Crippen LogP contribution is 2.43. The lowest BCUT2D eigenvalue weighted by atomic mass is 9.92. The Morgan fingerprint density at radius 2 is 1.86 bits per heavy atom. The number of nitrogens with zero attached hydrogens (tertiary/aromatic N) is 7. The number of hydrogen-bond donors (Lipinski definition) is 0. The molecule has 5 heterocycles. The molecule has 3 aliphatic heterocycles. The molecule has 0 atom stereocenters. The molecule has 0 bridgehead atoms. The minimum Gasteiger partial charge on any atom is -0.338 e. The quantitative estimate of drug-likeness (QED) is 0.372. The van der Waals surface area contributed by atoms with E-state index in [1.165, 1.54) is 11.8 Å². The molecular weight excluding hydrogens is 557 g/mol. The number of carbonyl (C=O) groups excluding carboxylic acids is 1. The number of fused-ring (bicyclic) bond motifs is 2. The molecule has 3 aromatic rings. The summed E-state index contributed by atoms with van der Waals surface area (Å²) in [6.45, 7) is 2.69. The number of aryl methyl sites for hydroxylation is 2. The normalized spacial score (nSPS) is 18.5. The largest absolute Gasteiger partial charge is 0.401 e. The number of alkyl halides is 5. The maximum atomic E-state index is 14.4. The molecule has 1 fully saturated rings. The third-order valence-corrected chi connectivity index (χ3v) is 8.69. The first kappa shape index (κ1) is 28.6. The molecule has 2 aromatic heterocycles. The van der Waals surface area contributed by atoms with Gasteiger partial charge in [-0.15, -0.1) is 0 Å². The molecule has 0 N–H and O–H groups in total. The number of anilines is 2. The number of halogens is 5. The second-order valence-electron chi connectivity index (χ2n) is 11.5. The number of piperidine rings is 1. The molecule has 8 nitrogen and oxygen atoms in total. The van der Waals surface area contributed by atoms with E-state index in [9.17, 15) is 26.7 Å². The van der Waals surface area contributed by atoms with Gasteiger partial charge in [0.05, 0.1) is 25.3 Å². The minimum atomic E-state index is -4.24. The van der Waals surface area contributed by atoms with E-state index in [2.05, 4.69) is 5.10 Å². The van der Waals surface area contributed by atoms with Crippen molar-refractivity contribution in [1.82, 2.24) is 29.4 Å². The van der Waals surface area contributed by atoms with E-state index in [1.807, 2.05) is 15.6 Å². The summed E-state index contributed by atoms with van der Waals surface area (Å²) in [6, 6.07) is 3.32. The molecule has 3 aliphatic rings. The van der Waals surface area contributed by atoms with Gasteiger partial charge >= 0.3 is 6.18 Å². The van der Waals surface area contributed by atoms with Crippen molar-refractivity contribution in [2.45, 2.75) is 64.2 Å². The summed E-state index contributed by atoms with van der Waals surface area (Å²) in [6.07, 6.45) is -0.475. The lowest BCUT2D eigenvalue weighted by Crippen LogP contribution is -2.41. The van der Waals surface area contributed by atoms with Crippen LogP contribution >= 0.6 is 0 Å². The van der Waals surface area contributed by atoms with Gasteiger partial charge in [-0.1, -0.05) is 0 Å². The van der Waals surface area contributed by atoms with Crippen LogP contribution in [0.5, 0.6) is 0 Å². The van der Waals surface area contributed by atoms with Crippen molar-refractivity contribution in [1.29, 1.82) is 0 Å². The van der Waals surface area contributed by atoms with Gasteiger partial charge in [-0.05, 0) is 48.9 Å². The van der Waals surface area contributed by atoms with Crippen LogP contribution in [0, 0.1) is 0 Å². The average Bonchev–Trinajstić information content (AvgIpc) is 3.55. The van der Waals surface area contributed by atoms with Gasteiger partial charge in [0.25, 0.3) is 6.43 Å². The average molecular weight is 592 g/mol. The molecule has 1 aromatic carbocycles. The van der Waals surface area contributed by atoms with Gasteiger partial charge < -0.3 is 9.80 Å². The van der Waals surface area contributed by atoms with Gasteiger partial charge in [0.1, 0.15) is 0 Å². The standard InChI is InChI=1S/C29H34F5N7O/c1-18(42)39-11-7-25-24(16-39)28(36-41(25)21-5-9-38(10-6-21)17-29(32,33)34)40-8-3-4-19-12-22(20-14-35-37(2)15-20)23(27(30)31)13-26(19)40/h12-15,21,27H,3-11,16-17H2,1-2H3. The molecule has 1 amide bonds. The highest BCUT2D eigenvalue weighted by atomic mass is 19.4. The Bertz CT molecular complexity index is 1470. The van der Waals surface area contributed by atoms with E-state index in [0.717, 1.165) is 29.7 Å². The van der Waals surface area contributed by atoms with E-state index in [4.69, 9.17) is 5.10 Å². The summed E-state index contributed by atoms with van der Waals surface area (Å²) in [5.74, 6) is 0.587. The number of amides is 1. The van der Waals surface area contributed by atoms with Crippen molar-refractivity contribution < 1.29 is 26.7 Å². The van der Waals surface area contributed by atoms with E-state index in [1.54, 1.807) is 35.1 Å². The molecule has 0 radical (unpaired) electrons. The van der Waals surface area contributed by atoms with Gasteiger partial charge in [-0.2, -0.15) is 23.4 Å². The molecule has 226 valence electrons. The first-order valence-electron chi connectivity index (χ1n) is 14.3. The Balaban J connectivity index is 1.39. The molecular formula is C29H34F5N7O. The van der Waals surface area contributed by atoms with Crippen molar-refractivity contribution in [2.24, 2.45) is 7.05 Å². The van der Waals surface area contributed by atoms with Gasteiger partial charge in [-0.25, -0.2) is 8.78 Å². The summed E-state index contributed by atoms with van der Waals surface area (Å²) in [5, 5.41) is 9.22. The third-order valence-electron chi connectivity index (χ3n) is 8.69. The minimum absolute atomic E-state index is 0.0556. The summed E-state index contributed by atoms with van der Waals surface area (Å²) in [4.78, 5) is 17.5. The van der Waals surface area contributed by atoms with Crippen LogP contribution < -0.4 is 4.90 Å². The van der Waals surface area contributed by atoms with Crippen molar-refractivity contribution in [3.63, 3.8) is 0 Å². The van der Waals surface area contributed by atoms with Crippen LogP contribution in [0.3, 0.4) is 0 Å². The van der Waals surface area contributed by atoms with Crippen LogP contribution in [0.4, 0.5) is 33.5 Å². The van der Waals surface area contributed by atoms with Gasteiger partial charge in [0, 0.05) is 80.8 Å². The van der Waals surface area contributed by atoms with Gasteiger partial charge in [-0.3, -0.25) is 19.1 Å². The fourth-order valence-electron chi connectivity index (χ4n) is 6.65. The van der Waals surface area contributed by atoms with Crippen LogP contribution in [-0.4, -0.2) is 74.2 Å². The summed E-state index contributed by atoms with van der Waals surface area (Å²) in [7, 11) is 1.75. The van der Waals surface area contributed by atoms with Crippen LogP contribution in [0.15, 0.2) is 24.5 Å². The van der Waals surface area contributed by atoms with Crippen LogP contribution in [0.25, 0.3) is 11.1 Å². The fourth-order valence-corrected chi connectivity index (χ4v) is 6.65. The zero-order valence-electron chi connectivity index (χ0n) is 23.7. The Morgan fingerprint density at radius 3 is 2.50 bits per heavy atom. The number of likely N-dealkylation sites (tertiary alicyclic amines) is 1. The number of hydrogen-bond acceptors (Lipinski definition) is 5. The van der Waals surface area contributed by atoms with Crippen molar-refractivity contribution >= 4 is 17.4 Å². The number of aromatic nitrogens is 4. The first-order chi connectivity index (χ1) is 20.0. The second-order valence-corrected chi connectivity index (χ2v) is 11.5. The van der Waals surface area contributed by atoms with Crippen molar-refractivity contribution in [3.8, 4) is 11.1 Å². The Kier molecular flexibility index (Phi) is 7.48. The Labute approximate surface area is 240 Å². The van der Waals surface area contributed by atoms with E-state index >= 15 is 0 Å². The van der Waals surface area contributed by atoms with Crippen LogP contribution in [0.1, 0.15) is 61.0 Å². The predicted octanol–water partition coefficient (Wildman–Crippen LogP) is 5.41. The van der Waals surface area contributed by atoms with Crippen LogP contribution in [0.2, 0.25) is 0 Å². The van der Waals surface area contributed by atoms with Gasteiger partial charge in [0.15, 0.2) is 5.82 Å². The predicted molar refractivity (Wildman–Crippen MR) is 147 cm³/mol. The lowest BCUT2D eigenvalue weighted by Gasteiger charge is -2.34. The smallest absolute Gasteiger partial charge is 0.338 e. The molecule has 13 heteroatoms. The molecule has 0 aliphatic carbocycles. The fraction of sp³-hybridized carbons (Fsp3) is 0.552. The number of benzene rings is 1. The maximum Gasteiger partial charge on any atom is 0.401 e.